The molecule has 0 fully saturated rings. The van der Waals surface area contributed by atoms with E-state index in [1.807, 2.05) is 0 Å². The van der Waals surface area contributed by atoms with Gasteiger partial charge in [0.1, 0.15) is 22.3 Å². The van der Waals surface area contributed by atoms with E-state index in [0.29, 0.717) is 0 Å². The Hall–Kier alpha value is -6.26. The van der Waals surface area contributed by atoms with Crippen LogP contribution in [0.3, 0.4) is 0 Å². The van der Waals surface area contributed by atoms with Crippen molar-refractivity contribution in [2.24, 2.45) is 0 Å². The van der Waals surface area contributed by atoms with Gasteiger partial charge in [-0.1, -0.05) is 72.8 Å². The molecule has 0 saturated heterocycles. The fraction of sp³-hybridized carbons (Fsp3) is 0. The zero-order valence-corrected chi connectivity index (χ0v) is 24.3. The van der Waals surface area contributed by atoms with Gasteiger partial charge in [0.25, 0.3) is 0 Å². The molecule has 0 atom stereocenters. The molecule has 4 nitrogen and oxygen atoms in total. The lowest BCUT2D eigenvalue weighted by molar-refractivity contribution is 0.672. The summed E-state index contributed by atoms with van der Waals surface area (Å²) in [6, 6.07) is 43.9. The van der Waals surface area contributed by atoms with Crippen LogP contribution in [0.4, 0.5) is 0 Å². The summed E-state index contributed by atoms with van der Waals surface area (Å²) in [7, 11) is 0. The molecule has 4 heteroatoms. The van der Waals surface area contributed by atoms with Gasteiger partial charge in [0.15, 0.2) is 0 Å². The molecule has 13 aromatic rings. The Kier molecular flexibility index (Phi) is 3.47. The van der Waals surface area contributed by atoms with Crippen LogP contribution < -0.4 is 0 Å². The second-order valence-electron chi connectivity index (χ2n) is 12.8. The van der Waals surface area contributed by atoms with Crippen molar-refractivity contribution in [3.63, 3.8) is 0 Å². The Morgan fingerprint density at radius 3 is 1.22 bits per heavy atom. The summed E-state index contributed by atoms with van der Waals surface area (Å²) in [6.07, 6.45) is 0. The standard InChI is InChI=1S/C42H20N2O2/c1-5-13-31-23(11-1)37-39-27(17-29-21-9-3-7-15-35(21)45-41(29)37)25-20-34-26(19-33(25)43(31)39)28-18-30-22-10-4-8-16-36(22)46-42(30)38-24-12-2-6-14-32(24)44(34)40(28)38/h1-20H. The summed E-state index contributed by atoms with van der Waals surface area (Å²) in [4.78, 5) is 0. The first-order valence-electron chi connectivity index (χ1n) is 15.8. The third-order valence-electron chi connectivity index (χ3n) is 10.7. The Morgan fingerprint density at radius 1 is 0.326 bits per heavy atom. The van der Waals surface area contributed by atoms with Crippen LogP contribution in [0.25, 0.3) is 120 Å². The third-order valence-corrected chi connectivity index (χ3v) is 10.7. The maximum atomic E-state index is 6.61. The molecule has 0 spiro atoms. The van der Waals surface area contributed by atoms with Gasteiger partial charge < -0.3 is 17.6 Å². The van der Waals surface area contributed by atoms with Gasteiger partial charge in [0.2, 0.25) is 0 Å². The maximum absolute atomic E-state index is 6.61. The van der Waals surface area contributed by atoms with Gasteiger partial charge >= 0.3 is 0 Å². The van der Waals surface area contributed by atoms with E-state index in [-0.39, 0.29) is 0 Å². The van der Waals surface area contributed by atoms with Crippen molar-refractivity contribution in [1.82, 2.24) is 8.80 Å². The van der Waals surface area contributed by atoms with Crippen LogP contribution in [-0.4, -0.2) is 8.80 Å². The van der Waals surface area contributed by atoms with Crippen molar-refractivity contribution < 1.29 is 8.83 Å². The molecule has 0 bridgehead atoms. The van der Waals surface area contributed by atoms with Crippen LogP contribution in [0.2, 0.25) is 0 Å². The van der Waals surface area contributed by atoms with Crippen molar-refractivity contribution >= 4 is 120 Å². The Labute approximate surface area is 258 Å². The second-order valence-corrected chi connectivity index (χ2v) is 12.8. The number of benzene rings is 7. The van der Waals surface area contributed by atoms with E-state index in [4.69, 9.17) is 8.83 Å². The van der Waals surface area contributed by atoms with E-state index in [9.17, 15) is 0 Å². The van der Waals surface area contributed by atoms with Crippen LogP contribution in [-0.2, 0) is 0 Å². The molecule has 210 valence electrons. The molecular weight excluding hydrogens is 564 g/mol. The van der Waals surface area contributed by atoms with Gasteiger partial charge in [-0.05, 0) is 48.5 Å². The molecule has 0 radical (unpaired) electrons. The van der Waals surface area contributed by atoms with E-state index in [0.717, 1.165) is 33.1 Å². The summed E-state index contributed by atoms with van der Waals surface area (Å²) >= 11 is 0. The number of nitrogens with zero attached hydrogens (tertiary/aromatic N) is 2. The highest BCUT2D eigenvalue weighted by Gasteiger charge is 2.26. The molecule has 0 aliphatic carbocycles. The van der Waals surface area contributed by atoms with Crippen LogP contribution in [0.1, 0.15) is 0 Å². The topological polar surface area (TPSA) is 35.1 Å². The highest BCUT2D eigenvalue weighted by molar-refractivity contribution is 6.36. The first kappa shape index (κ1) is 22.3. The molecule has 6 heterocycles. The van der Waals surface area contributed by atoms with Gasteiger partial charge in [-0.15, -0.1) is 0 Å². The van der Waals surface area contributed by atoms with E-state index < -0.39 is 0 Å². The number of fused-ring (bicyclic) bond motifs is 20. The second kappa shape index (κ2) is 7.17. The smallest absolute Gasteiger partial charge is 0.145 e. The average molecular weight is 585 g/mol. The SMILES string of the molecule is c1ccc2c(c1)oc1c2cc2c3cc4c(cc3n3c5ccccc5c1c23)c1cc2c3ccccc3oc2c2c3ccccc3n4c12. The Balaban J connectivity index is 1.33. The van der Waals surface area contributed by atoms with E-state index in [1.165, 1.54) is 87.0 Å². The molecule has 13 rings (SSSR count). The fourth-order valence-corrected chi connectivity index (χ4v) is 8.95. The van der Waals surface area contributed by atoms with E-state index >= 15 is 0 Å². The molecule has 7 aromatic carbocycles. The minimum atomic E-state index is 0.927. The van der Waals surface area contributed by atoms with Gasteiger partial charge in [-0.25, -0.2) is 0 Å². The highest BCUT2D eigenvalue weighted by Crippen LogP contribution is 2.49. The van der Waals surface area contributed by atoms with Crippen molar-refractivity contribution in [3.8, 4) is 0 Å². The van der Waals surface area contributed by atoms with Gasteiger partial charge in [-0.3, -0.25) is 0 Å². The van der Waals surface area contributed by atoms with Crippen molar-refractivity contribution in [3.05, 3.63) is 121 Å². The average Bonchev–Trinajstić information content (AvgIpc) is 3.92. The van der Waals surface area contributed by atoms with Crippen LogP contribution in [0.5, 0.6) is 0 Å². The summed E-state index contributed by atoms with van der Waals surface area (Å²) in [5.41, 5.74) is 11.1. The first-order chi connectivity index (χ1) is 22.8. The molecule has 0 saturated carbocycles. The van der Waals surface area contributed by atoms with Crippen molar-refractivity contribution in [1.29, 1.82) is 0 Å². The fourth-order valence-electron chi connectivity index (χ4n) is 8.95. The zero-order chi connectivity index (χ0) is 29.4. The lowest BCUT2D eigenvalue weighted by atomic mass is 10.0. The van der Waals surface area contributed by atoms with Crippen LogP contribution in [0, 0.1) is 0 Å². The summed E-state index contributed by atoms with van der Waals surface area (Å²) in [5.74, 6) is 0. The molecule has 0 aliphatic heterocycles. The monoisotopic (exact) mass is 584 g/mol. The molecule has 0 amide bonds. The molecule has 0 aliphatic rings. The number of aromatic nitrogens is 2. The molecule has 6 aromatic heterocycles. The lowest BCUT2D eigenvalue weighted by Crippen LogP contribution is -1.82. The van der Waals surface area contributed by atoms with Crippen molar-refractivity contribution in [2.75, 3.05) is 0 Å². The first-order valence-corrected chi connectivity index (χ1v) is 15.8. The van der Waals surface area contributed by atoms with Crippen LogP contribution >= 0.6 is 0 Å². The molecule has 46 heavy (non-hydrogen) atoms. The van der Waals surface area contributed by atoms with E-state index in [2.05, 4.69) is 130 Å². The number of para-hydroxylation sites is 4. The molecule has 0 N–H and O–H groups in total. The lowest BCUT2D eigenvalue weighted by Gasteiger charge is -2.02. The van der Waals surface area contributed by atoms with Gasteiger partial charge in [-0.2, -0.15) is 0 Å². The van der Waals surface area contributed by atoms with Crippen LogP contribution in [0.15, 0.2) is 130 Å². The van der Waals surface area contributed by atoms with Crippen molar-refractivity contribution in [2.45, 2.75) is 0 Å². The largest absolute Gasteiger partial charge is 0.455 e. The maximum Gasteiger partial charge on any atom is 0.145 e. The zero-order valence-electron chi connectivity index (χ0n) is 24.3. The number of hydrogen-bond donors (Lipinski definition) is 0. The summed E-state index contributed by atoms with van der Waals surface area (Å²) in [6.45, 7) is 0. The van der Waals surface area contributed by atoms with Gasteiger partial charge in [0.05, 0.1) is 43.9 Å². The summed E-state index contributed by atoms with van der Waals surface area (Å²) in [5, 5.41) is 14.5. The Bertz CT molecular complexity index is 3240. The molecule has 0 unspecified atom stereocenters. The number of rotatable bonds is 0. The predicted molar refractivity (Wildman–Crippen MR) is 190 cm³/mol. The number of furan rings is 2. The minimum Gasteiger partial charge on any atom is -0.455 e. The quantitative estimate of drug-likeness (QED) is 0.178. The summed E-state index contributed by atoms with van der Waals surface area (Å²) < 4.78 is 18.2. The third kappa shape index (κ3) is 2.27. The van der Waals surface area contributed by atoms with Gasteiger partial charge in [0, 0.05) is 53.9 Å². The predicted octanol–water partition coefficient (Wildman–Crippen LogP) is 11.8. The van der Waals surface area contributed by atoms with E-state index in [1.54, 1.807) is 0 Å². The number of hydrogen-bond acceptors (Lipinski definition) is 2. The highest BCUT2D eigenvalue weighted by atomic mass is 16.3. The Morgan fingerprint density at radius 2 is 0.739 bits per heavy atom. The molecular formula is C42H20N2O2. The normalized spacial score (nSPS) is 13.2. The minimum absolute atomic E-state index is 0.927.